The lowest BCUT2D eigenvalue weighted by Gasteiger charge is -2.09. The molecule has 2 aromatic rings. The highest BCUT2D eigenvalue weighted by molar-refractivity contribution is 5.53. The second-order valence-electron chi connectivity index (χ2n) is 4.23. The number of ether oxygens (including phenoxy) is 1. The summed E-state index contributed by atoms with van der Waals surface area (Å²) in [5, 5.41) is 9.03. The summed E-state index contributed by atoms with van der Waals surface area (Å²) in [5.41, 5.74) is 9.07. The normalized spacial score (nSPS) is 9.83. The van der Waals surface area contributed by atoms with E-state index in [4.69, 9.17) is 15.7 Å². The molecule has 0 atom stereocenters. The molecule has 0 saturated carbocycles. The molecule has 0 aliphatic carbocycles. The lowest BCUT2D eigenvalue weighted by Crippen LogP contribution is -1.93. The molecule has 0 spiro atoms. The third-order valence-electron chi connectivity index (χ3n) is 2.74. The zero-order valence-electron chi connectivity index (χ0n) is 10.4. The van der Waals surface area contributed by atoms with E-state index in [1.807, 2.05) is 38.1 Å². The minimum Gasteiger partial charge on any atom is -0.456 e. The quantitative estimate of drug-likeness (QED) is 0.814. The van der Waals surface area contributed by atoms with Crippen LogP contribution in [0.25, 0.3) is 0 Å². The summed E-state index contributed by atoms with van der Waals surface area (Å²) in [6.07, 6.45) is 0. The topological polar surface area (TPSA) is 59.0 Å². The Morgan fingerprint density at radius 3 is 2.56 bits per heavy atom. The number of nitrogen functional groups attached to an aromatic ring is 1. The van der Waals surface area contributed by atoms with Crippen LogP contribution in [-0.2, 0) is 0 Å². The fraction of sp³-hybridized carbons (Fsp3) is 0.133. The number of nitriles is 1. The summed E-state index contributed by atoms with van der Waals surface area (Å²) in [4.78, 5) is 0. The predicted octanol–water partition coefficient (Wildman–Crippen LogP) is 3.55. The molecule has 2 aromatic carbocycles. The summed E-state index contributed by atoms with van der Waals surface area (Å²) in [6, 6.07) is 13.1. The minimum absolute atomic E-state index is 0.514. The average Bonchev–Trinajstić information content (AvgIpc) is 2.34. The van der Waals surface area contributed by atoms with Crippen molar-refractivity contribution in [2.75, 3.05) is 5.73 Å². The van der Waals surface area contributed by atoms with Gasteiger partial charge in [-0.1, -0.05) is 12.1 Å². The molecule has 0 aliphatic heterocycles. The first-order valence-corrected chi connectivity index (χ1v) is 5.65. The third-order valence-corrected chi connectivity index (χ3v) is 2.74. The number of aryl methyl sites for hydroxylation is 2. The van der Waals surface area contributed by atoms with Gasteiger partial charge in [-0.2, -0.15) is 5.26 Å². The van der Waals surface area contributed by atoms with Gasteiger partial charge in [0.15, 0.2) is 0 Å². The van der Waals surface area contributed by atoms with E-state index < -0.39 is 0 Å². The number of nitrogens with two attached hydrogens (primary N) is 1. The Balaban J connectivity index is 2.36. The molecule has 2 N–H and O–H groups in total. The van der Waals surface area contributed by atoms with Crippen LogP contribution in [0.2, 0.25) is 0 Å². The van der Waals surface area contributed by atoms with Gasteiger partial charge in [-0.25, -0.2) is 0 Å². The predicted molar refractivity (Wildman–Crippen MR) is 71.6 cm³/mol. The largest absolute Gasteiger partial charge is 0.456 e. The van der Waals surface area contributed by atoms with E-state index >= 15 is 0 Å². The summed E-state index contributed by atoms with van der Waals surface area (Å²) >= 11 is 0. The fourth-order valence-corrected chi connectivity index (χ4v) is 1.62. The molecule has 0 bridgehead atoms. The number of nitrogens with zero attached hydrogens (tertiary/aromatic N) is 1. The summed E-state index contributed by atoms with van der Waals surface area (Å²) in [7, 11) is 0. The lowest BCUT2D eigenvalue weighted by atomic mass is 10.1. The van der Waals surface area contributed by atoms with Crippen molar-refractivity contribution in [1.29, 1.82) is 5.26 Å². The van der Waals surface area contributed by atoms with Crippen LogP contribution in [0, 0.1) is 25.2 Å². The highest BCUT2D eigenvalue weighted by atomic mass is 16.5. The standard InChI is InChI=1S/C15H14N2O/c1-10-3-5-12(9-16)15(7-10)18-13-6-4-11(2)14(17)8-13/h3-8H,17H2,1-2H3. The van der Waals surface area contributed by atoms with Crippen LogP contribution in [-0.4, -0.2) is 0 Å². The van der Waals surface area contributed by atoms with Crippen molar-refractivity contribution in [2.24, 2.45) is 0 Å². The maximum Gasteiger partial charge on any atom is 0.145 e. The third kappa shape index (κ3) is 2.44. The van der Waals surface area contributed by atoms with Gasteiger partial charge in [0.1, 0.15) is 17.6 Å². The first kappa shape index (κ1) is 12.0. The molecular formula is C15H14N2O. The number of hydrogen-bond acceptors (Lipinski definition) is 3. The van der Waals surface area contributed by atoms with E-state index in [-0.39, 0.29) is 0 Å². The molecule has 18 heavy (non-hydrogen) atoms. The maximum absolute atomic E-state index is 9.03. The molecule has 2 rings (SSSR count). The van der Waals surface area contributed by atoms with Crippen LogP contribution in [0.4, 0.5) is 5.69 Å². The van der Waals surface area contributed by atoms with Crippen molar-refractivity contribution in [3.8, 4) is 17.6 Å². The van der Waals surface area contributed by atoms with Crippen LogP contribution in [0.1, 0.15) is 16.7 Å². The molecule has 0 heterocycles. The maximum atomic E-state index is 9.03. The molecular weight excluding hydrogens is 224 g/mol. The van der Waals surface area contributed by atoms with Crippen LogP contribution in [0.3, 0.4) is 0 Å². The molecule has 90 valence electrons. The van der Waals surface area contributed by atoms with Crippen molar-refractivity contribution in [2.45, 2.75) is 13.8 Å². The van der Waals surface area contributed by atoms with Gasteiger partial charge in [-0.05, 0) is 43.2 Å². The van der Waals surface area contributed by atoms with Gasteiger partial charge in [0.05, 0.1) is 5.56 Å². The Bertz CT molecular complexity index is 627. The second kappa shape index (κ2) is 4.80. The van der Waals surface area contributed by atoms with E-state index in [1.54, 1.807) is 12.1 Å². The average molecular weight is 238 g/mol. The van der Waals surface area contributed by atoms with E-state index in [0.717, 1.165) is 11.1 Å². The fourth-order valence-electron chi connectivity index (χ4n) is 1.62. The van der Waals surface area contributed by atoms with Crippen molar-refractivity contribution in [3.63, 3.8) is 0 Å². The first-order valence-electron chi connectivity index (χ1n) is 5.65. The van der Waals surface area contributed by atoms with Crippen LogP contribution in [0.5, 0.6) is 11.5 Å². The lowest BCUT2D eigenvalue weighted by molar-refractivity contribution is 0.481. The van der Waals surface area contributed by atoms with Crippen molar-refractivity contribution in [3.05, 3.63) is 53.1 Å². The molecule has 0 aromatic heterocycles. The Labute approximate surface area is 106 Å². The van der Waals surface area contributed by atoms with Crippen LogP contribution < -0.4 is 10.5 Å². The number of benzene rings is 2. The van der Waals surface area contributed by atoms with Crippen molar-refractivity contribution >= 4 is 5.69 Å². The van der Waals surface area contributed by atoms with Gasteiger partial charge in [-0.15, -0.1) is 0 Å². The number of anilines is 1. The van der Waals surface area contributed by atoms with E-state index in [0.29, 0.717) is 22.7 Å². The highest BCUT2D eigenvalue weighted by Gasteiger charge is 2.06. The Hall–Kier alpha value is -2.47. The zero-order chi connectivity index (χ0) is 13.1. The molecule has 3 heteroatoms. The molecule has 0 unspecified atom stereocenters. The van der Waals surface area contributed by atoms with Crippen LogP contribution in [0.15, 0.2) is 36.4 Å². The van der Waals surface area contributed by atoms with Gasteiger partial charge in [0, 0.05) is 11.8 Å². The van der Waals surface area contributed by atoms with E-state index in [1.165, 1.54) is 0 Å². The van der Waals surface area contributed by atoms with Crippen molar-refractivity contribution in [1.82, 2.24) is 0 Å². The van der Waals surface area contributed by atoms with Gasteiger partial charge in [0.2, 0.25) is 0 Å². The van der Waals surface area contributed by atoms with Crippen molar-refractivity contribution < 1.29 is 4.74 Å². The Morgan fingerprint density at radius 2 is 1.89 bits per heavy atom. The van der Waals surface area contributed by atoms with E-state index in [9.17, 15) is 0 Å². The molecule has 0 fully saturated rings. The Kier molecular flexibility index (Phi) is 3.20. The van der Waals surface area contributed by atoms with Gasteiger partial charge in [-0.3, -0.25) is 0 Å². The second-order valence-corrected chi connectivity index (χ2v) is 4.23. The van der Waals surface area contributed by atoms with E-state index in [2.05, 4.69) is 6.07 Å². The first-order chi connectivity index (χ1) is 8.60. The SMILES string of the molecule is Cc1ccc(C#N)c(Oc2ccc(C)c(N)c2)c1. The minimum atomic E-state index is 0.514. The smallest absolute Gasteiger partial charge is 0.145 e. The number of rotatable bonds is 2. The summed E-state index contributed by atoms with van der Waals surface area (Å²) < 4.78 is 5.71. The molecule has 0 aliphatic rings. The van der Waals surface area contributed by atoms with Gasteiger partial charge >= 0.3 is 0 Å². The number of hydrogen-bond donors (Lipinski definition) is 1. The molecule has 0 amide bonds. The molecule has 3 nitrogen and oxygen atoms in total. The van der Waals surface area contributed by atoms with Gasteiger partial charge in [0.25, 0.3) is 0 Å². The van der Waals surface area contributed by atoms with Gasteiger partial charge < -0.3 is 10.5 Å². The van der Waals surface area contributed by atoms with Crippen LogP contribution >= 0.6 is 0 Å². The molecule has 0 radical (unpaired) electrons. The zero-order valence-corrected chi connectivity index (χ0v) is 10.4. The molecule has 0 saturated heterocycles. The summed E-state index contributed by atoms with van der Waals surface area (Å²) in [6.45, 7) is 3.89. The monoisotopic (exact) mass is 238 g/mol. The summed E-state index contributed by atoms with van der Waals surface area (Å²) in [5.74, 6) is 1.20. The Morgan fingerprint density at radius 1 is 1.11 bits per heavy atom. The highest BCUT2D eigenvalue weighted by Crippen LogP contribution is 2.28.